The summed E-state index contributed by atoms with van der Waals surface area (Å²) in [6, 6.07) is 18.3. The van der Waals surface area contributed by atoms with Crippen LogP contribution in [0.1, 0.15) is 20.8 Å². The van der Waals surface area contributed by atoms with E-state index in [9.17, 15) is 4.79 Å². The van der Waals surface area contributed by atoms with Crippen molar-refractivity contribution in [2.24, 2.45) is 0 Å². The first kappa shape index (κ1) is 29.2. The van der Waals surface area contributed by atoms with Crippen LogP contribution in [0.3, 0.4) is 0 Å². The molecule has 3 aliphatic rings. The smallest absolute Gasteiger partial charge is 0.323 e. The lowest BCUT2D eigenvalue weighted by atomic mass is 10.1. The van der Waals surface area contributed by atoms with Crippen LogP contribution in [0.25, 0.3) is 11.4 Å². The Hall–Kier alpha value is -3.93. The number of nitrogens with zero attached hydrogens (tertiary/aromatic N) is 5. The van der Waals surface area contributed by atoms with Gasteiger partial charge in [-0.15, -0.1) is 0 Å². The molecule has 0 aliphatic carbocycles. The molecule has 11 nitrogen and oxygen atoms in total. The Bertz CT molecular complexity index is 1350. The molecule has 3 aliphatic heterocycles. The maximum absolute atomic E-state index is 12.8. The van der Waals surface area contributed by atoms with Crippen molar-refractivity contribution in [2.45, 2.75) is 38.9 Å². The zero-order valence-electron chi connectivity index (χ0n) is 25.3. The number of anilines is 5. The number of carbonyl (C=O) groups excluding carboxylic acids is 1. The van der Waals surface area contributed by atoms with Gasteiger partial charge in [0, 0.05) is 67.5 Å². The number of urea groups is 1. The molecule has 3 saturated heterocycles. The standard InChI is InChI=1S/C32H42N8O3/c1-22-19-33-12-13-38(22)28-10-8-27(9-11-28)35-32(41)34-26-6-4-25(5-7-26)31-36-29(39-14-16-42-20-23(39)2)18-30(37-31)40-15-17-43-21-24(40)3/h4-11,18,22-24,33H,12-17,19-21H2,1-3H3,(H2,34,35,41)/t22?,23-,24-/m1/s1. The van der Waals surface area contributed by atoms with E-state index < -0.39 is 0 Å². The van der Waals surface area contributed by atoms with Crippen LogP contribution in [0.2, 0.25) is 0 Å². The number of ether oxygens (including phenoxy) is 2. The van der Waals surface area contributed by atoms with Gasteiger partial charge < -0.3 is 40.1 Å². The van der Waals surface area contributed by atoms with Gasteiger partial charge in [0.25, 0.3) is 0 Å². The number of benzene rings is 2. The molecule has 1 unspecified atom stereocenters. The van der Waals surface area contributed by atoms with E-state index in [0.717, 1.165) is 61.3 Å². The van der Waals surface area contributed by atoms with Crippen molar-refractivity contribution >= 4 is 34.7 Å². The fraction of sp³-hybridized carbons (Fsp3) is 0.469. The van der Waals surface area contributed by atoms with Crippen LogP contribution < -0.4 is 30.7 Å². The molecule has 0 spiro atoms. The van der Waals surface area contributed by atoms with Gasteiger partial charge >= 0.3 is 6.03 Å². The average molecular weight is 587 g/mol. The Morgan fingerprint density at radius 1 is 0.767 bits per heavy atom. The van der Waals surface area contributed by atoms with E-state index in [2.05, 4.69) is 69.6 Å². The molecule has 4 heterocycles. The number of morpholine rings is 2. The van der Waals surface area contributed by atoms with Crippen LogP contribution in [0.5, 0.6) is 0 Å². The molecule has 3 aromatic rings. The van der Waals surface area contributed by atoms with Crippen LogP contribution in [0.15, 0.2) is 54.6 Å². The summed E-state index contributed by atoms with van der Waals surface area (Å²) in [4.78, 5) is 29.7. The molecule has 228 valence electrons. The van der Waals surface area contributed by atoms with E-state index in [1.54, 1.807) is 0 Å². The van der Waals surface area contributed by atoms with Gasteiger partial charge in [-0.2, -0.15) is 0 Å². The van der Waals surface area contributed by atoms with Crippen LogP contribution in [-0.2, 0) is 9.47 Å². The molecule has 0 bridgehead atoms. The molecule has 0 radical (unpaired) electrons. The zero-order chi connectivity index (χ0) is 29.8. The third-order valence-corrected chi connectivity index (χ3v) is 8.38. The van der Waals surface area contributed by atoms with Crippen LogP contribution >= 0.6 is 0 Å². The number of rotatable bonds is 6. The van der Waals surface area contributed by atoms with Gasteiger partial charge in [0.2, 0.25) is 0 Å². The Morgan fingerprint density at radius 3 is 1.86 bits per heavy atom. The second kappa shape index (κ2) is 13.2. The van der Waals surface area contributed by atoms with Crippen molar-refractivity contribution in [3.63, 3.8) is 0 Å². The number of amides is 2. The summed E-state index contributed by atoms with van der Waals surface area (Å²) in [6.07, 6.45) is 0. The molecule has 43 heavy (non-hydrogen) atoms. The van der Waals surface area contributed by atoms with Gasteiger partial charge in [-0.3, -0.25) is 0 Å². The molecule has 1 aromatic heterocycles. The molecule has 0 saturated carbocycles. The predicted molar refractivity (Wildman–Crippen MR) is 171 cm³/mol. The van der Waals surface area contributed by atoms with Crippen molar-refractivity contribution in [1.29, 1.82) is 0 Å². The highest BCUT2D eigenvalue weighted by atomic mass is 16.5. The van der Waals surface area contributed by atoms with Crippen molar-refractivity contribution < 1.29 is 14.3 Å². The first-order valence-electron chi connectivity index (χ1n) is 15.3. The van der Waals surface area contributed by atoms with E-state index >= 15 is 0 Å². The monoisotopic (exact) mass is 586 g/mol. The van der Waals surface area contributed by atoms with Crippen LogP contribution in [-0.4, -0.2) is 93.3 Å². The molecule has 11 heteroatoms. The maximum atomic E-state index is 12.8. The summed E-state index contributed by atoms with van der Waals surface area (Å²) in [5, 5.41) is 9.29. The molecule has 3 N–H and O–H groups in total. The third kappa shape index (κ3) is 6.84. The summed E-state index contributed by atoms with van der Waals surface area (Å²) < 4.78 is 11.3. The van der Waals surface area contributed by atoms with E-state index in [0.29, 0.717) is 44.0 Å². The largest absolute Gasteiger partial charge is 0.377 e. The molecule has 3 atom stereocenters. The van der Waals surface area contributed by atoms with Crippen molar-refractivity contribution in [3.8, 4) is 11.4 Å². The molecule has 3 fully saturated rings. The van der Waals surface area contributed by atoms with Crippen LogP contribution in [0.4, 0.5) is 33.5 Å². The molecule has 2 aromatic carbocycles. The maximum Gasteiger partial charge on any atom is 0.323 e. The molecular formula is C32H42N8O3. The lowest BCUT2D eigenvalue weighted by Crippen LogP contribution is -2.49. The average Bonchev–Trinajstić information content (AvgIpc) is 3.02. The fourth-order valence-electron chi connectivity index (χ4n) is 5.94. The number of piperazine rings is 1. The fourth-order valence-corrected chi connectivity index (χ4v) is 5.94. The molecule has 2 amide bonds. The first-order valence-corrected chi connectivity index (χ1v) is 15.3. The lowest BCUT2D eigenvalue weighted by Gasteiger charge is -2.37. The second-order valence-corrected chi connectivity index (χ2v) is 11.6. The van der Waals surface area contributed by atoms with Gasteiger partial charge in [-0.25, -0.2) is 14.8 Å². The van der Waals surface area contributed by atoms with Gasteiger partial charge in [0.15, 0.2) is 5.82 Å². The SMILES string of the molecule is CC1CNCCN1c1ccc(NC(=O)Nc2ccc(-c3nc(N4CCOC[C@H]4C)cc(N4CCOC[C@H]4C)n3)cc2)cc1. The Kier molecular flexibility index (Phi) is 8.92. The van der Waals surface area contributed by atoms with Crippen molar-refractivity contribution in [3.05, 3.63) is 54.6 Å². The zero-order valence-corrected chi connectivity index (χ0v) is 25.3. The topological polar surface area (TPSA) is 107 Å². The quantitative estimate of drug-likeness (QED) is 0.395. The highest BCUT2D eigenvalue weighted by Gasteiger charge is 2.26. The van der Waals surface area contributed by atoms with Gasteiger partial charge in [0.1, 0.15) is 11.6 Å². The first-order chi connectivity index (χ1) is 20.9. The minimum Gasteiger partial charge on any atom is -0.377 e. The van der Waals surface area contributed by atoms with Crippen molar-refractivity contribution in [2.75, 3.05) is 84.5 Å². The van der Waals surface area contributed by atoms with Crippen molar-refractivity contribution in [1.82, 2.24) is 15.3 Å². The van der Waals surface area contributed by atoms with Gasteiger partial charge in [-0.1, -0.05) is 0 Å². The lowest BCUT2D eigenvalue weighted by molar-refractivity contribution is 0.0978. The third-order valence-electron chi connectivity index (χ3n) is 8.38. The summed E-state index contributed by atoms with van der Waals surface area (Å²) in [5.74, 6) is 2.45. The number of nitrogens with one attached hydrogen (secondary N) is 3. The summed E-state index contributed by atoms with van der Waals surface area (Å²) >= 11 is 0. The number of aromatic nitrogens is 2. The minimum absolute atomic E-state index is 0.221. The Balaban J connectivity index is 1.15. The van der Waals surface area contributed by atoms with E-state index in [1.165, 1.54) is 0 Å². The van der Waals surface area contributed by atoms with Crippen LogP contribution in [0, 0.1) is 0 Å². The van der Waals surface area contributed by atoms with Gasteiger partial charge in [-0.05, 0) is 69.3 Å². The molecular weight excluding hydrogens is 544 g/mol. The summed E-state index contributed by atoms with van der Waals surface area (Å²) in [6.45, 7) is 13.7. The number of carbonyl (C=O) groups is 1. The number of hydrogen-bond donors (Lipinski definition) is 3. The molecule has 6 rings (SSSR count). The summed E-state index contributed by atoms with van der Waals surface area (Å²) in [7, 11) is 0. The minimum atomic E-state index is -0.292. The van der Waals surface area contributed by atoms with E-state index in [-0.39, 0.29) is 18.1 Å². The Morgan fingerprint density at radius 2 is 1.33 bits per heavy atom. The highest BCUT2D eigenvalue weighted by Crippen LogP contribution is 2.29. The second-order valence-electron chi connectivity index (χ2n) is 11.6. The predicted octanol–water partition coefficient (Wildman–Crippen LogP) is 4.04. The highest BCUT2D eigenvalue weighted by molar-refractivity contribution is 6.00. The van der Waals surface area contributed by atoms with E-state index in [4.69, 9.17) is 19.4 Å². The Labute approximate surface area is 253 Å². The van der Waals surface area contributed by atoms with E-state index in [1.807, 2.05) is 36.4 Å². The normalized spacial score (nSPS) is 22.8. The van der Waals surface area contributed by atoms with Gasteiger partial charge in [0.05, 0.1) is 38.5 Å². The number of hydrogen-bond acceptors (Lipinski definition) is 9. The summed E-state index contributed by atoms with van der Waals surface area (Å²) in [5.41, 5.74) is 3.48.